The Hall–Kier alpha value is -1.69. The second-order valence-corrected chi connectivity index (χ2v) is 5.47. The molecule has 1 aromatic heterocycles. The number of ether oxygens (including phenoxy) is 2. The third-order valence-corrected chi connectivity index (χ3v) is 3.97. The molecule has 6 nitrogen and oxygen atoms in total. The van der Waals surface area contributed by atoms with E-state index in [0.29, 0.717) is 18.1 Å². The van der Waals surface area contributed by atoms with Crippen LogP contribution in [0.5, 0.6) is 0 Å². The predicted molar refractivity (Wildman–Crippen MR) is 72.8 cm³/mol. The summed E-state index contributed by atoms with van der Waals surface area (Å²) in [6.45, 7) is 0. The summed E-state index contributed by atoms with van der Waals surface area (Å²) in [5, 5.41) is 11.5. The lowest BCUT2D eigenvalue weighted by molar-refractivity contribution is 0.0328. The van der Waals surface area contributed by atoms with Crippen molar-refractivity contribution < 1.29 is 14.3 Å². The maximum absolute atomic E-state index is 11.7. The Morgan fingerprint density at radius 3 is 2.65 bits per heavy atom. The highest BCUT2D eigenvalue weighted by Gasteiger charge is 2.32. The number of anilines is 1. The first-order valence-corrected chi connectivity index (χ1v) is 6.96. The van der Waals surface area contributed by atoms with Crippen LogP contribution >= 0.6 is 0 Å². The van der Waals surface area contributed by atoms with Gasteiger partial charge in [-0.3, -0.25) is 0 Å². The summed E-state index contributed by atoms with van der Waals surface area (Å²) in [4.78, 5) is 11.7. The highest BCUT2D eigenvalue weighted by Crippen LogP contribution is 2.40. The van der Waals surface area contributed by atoms with Crippen molar-refractivity contribution in [1.82, 2.24) is 10.2 Å². The average Bonchev–Trinajstić information content (AvgIpc) is 3.25. The maximum atomic E-state index is 11.7. The molecule has 2 saturated carbocycles. The molecule has 108 valence electrons. The highest BCUT2D eigenvalue weighted by molar-refractivity contribution is 5.93. The number of rotatable bonds is 5. The number of nitrogens with zero attached hydrogens (tertiary/aromatic N) is 2. The van der Waals surface area contributed by atoms with Gasteiger partial charge >= 0.3 is 5.97 Å². The molecule has 1 heterocycles. The minimum atomic E-state index is -0.454. The fourth-order valence-corrected chi connectivity index (χ4v) is 2.44. The zero-order chi connectivity index (χ0) is 14.1. The molecule has 3 rings (SSSR count). The minimum absolute atomic E-state index is 0.262. The van der Waals surface area contributed by atoms with Crippen LogP contribution in [0.3, 0.4) is 0 Å². The van der Waals surface area contributed by atoms with E-state index >= 15 is 0 Å². The Morgan fingerprint density at radius 2 is 2.05 bits per heavy atom. The molecule has 0 aromatic carbocycles. The van der Waals surface area contributed by atoms with E-state index in [1.54, 1.807) is 7.11 Å². The topological polar surface area (TPSA) is 73.3 Å². The van der Waals surface area contributed by atoms with E-state index in [9.17, 15) is 4.79 Å². The van der Waals surface area contributed by atoms with Gasteiger partial charge in [0.15, 0.2) is 5.69 Å². The van der Waals surface area contributed by atoms with Crippen molar-refractivity contribution in [1.29, 1.82) is 0 Å². The molecule has 0 spiro atoms. The fraction of sp³-hybridized carbons (Fsp3) is 0.643. The molecule has 20 heavy (non-hydrogen) atoms. The van der Waals surface area contributed by atoms with Crippen LogP contribution in [-0.2, 0) is 9.47 Å². The largest absolute Gasteiger partial charge is 0.464 e. The lowest BCUT2D eigenvalue weighted by atomic mass is 9.89. The van der Waals surface area contributed by atoms with Gasteiger partial charge in [-0.25, -0.2) is 4.79 Å². The van der Waals surface area contributed by atoms with Crippen molar-refractivity contribution >= 4 is 11.7 Å². The van der Waals surface area contributed by atoms with Crippen molar-refractivity contribution in [2.24, 2.45) is 0 Å². The normalized spacial score (nSPS) is 24.9. The molecule has 0 radical (unpaired) electrons. The summed E-state index contributed by atoms with van der Waals surface area (Å²) in [7, 11) is 3.08. The summed E-state index contributed by atoms with van der Waals surface area (Å²) in [5.41, 5.74) is 1.95. The Balaban J connectivity index is 1.78. The number of hydrogen-bond acceptors (Lipinski definition) is 6. The van der Waals surface area contributed by atoms with Crippen molar-refractivity contribution in [3.8, 4) is 0 Å². The molecule has 1 aromatic rings. The van der Waals surface area contributed by atoms with Gasteiger partial charge < -0.3 is 14.8 Å². The first-order valence-electron chi connectivity index (χ1n) is 6.96. The number of esters is 1. The van der Waals surface area contributed by atoms with Crippen LogP contribution in [0.1, 0.15) is 47.8 Å². The van der Waals surface area contributed by atoms with E-state index in [1.807, 2.05) is 6.07 Å². The first-order chi connectivity index (χ1) is 9.71. The predicted octanol–water partition coefficient (Wildman–Crippen LogP) is 1.73. The van der Waals surface area contributed by atoms with E-state index in [-0.39, 0.29) is 5.69 Å². The molecular formula is C14H19N3O3. The van der Waals surface area contributed by atoms with Crippen LogP contribution in [-0.4, -0.2) is 42.5 Å². The van der Waals surface area contributed by atoms with Gasteiger partial charge in [-0.2, -0.15) is 5.10 Å². The van der Waals surface area contributed by atoms with Gasteiger partial charge in [0, 0.05) is 19.1 Å². The lowest BCUT2D eigenvalue weighted by Crippen LogP contribution is -2.40. The van der Waals surface area contributed by atoms with E-state index in [0.717, 1.165) is 37.1 Å². The summed E-state index contributed by atoms with van der Waals surface area (Å²) >= 11 is 0. The third kappa shape index (κ3) is 2.60. The number of methoxy groups -OCH3 is 2. The third-order valence-electron chi connectivity index (χ3n) is 3.97. The number of carbonyl (C=O) groups is 1. The monoisotopic (exact) mass is 277 g/mol. The average molecular weight is 277 g/mol. The number of hydrogen-bond donors (Lipinski definition) is 1. The molecule has 2 fully saturated rings. The van der Waals surface area contributed by atoms with Crippen LogP contribution in [0, 0.1) is 0 Å². The molecule has 0 amide bonds. The van der Waals surface area contributed by atoms with Gasteiger partial charge in [-0.15, -0.1) is 5.10 Å². The molecule has 2 aliphatic carbocycles. The summed E-state index contributed by atoms with van der Waals surface area (Å²) in [5.74, 6) is 0.0489. The second-order valence-electron chi connectivity index (χ2n) is 5.47. The fourth-order valence-electron chi connectivity index (χ4n) is 2.44. The zero-order valence-corrected chi connectivity index (χ0v) is 11.8. The van der Waals surface area contributed by atoms with Gasteiger partial charge in [0.2, 0.25) is 0 Å². The maximum Gasteiger partial charge on any atom is 0.360 e. The molecule has 1 N–H and O–H groups in total. The number of nitrogens with one attached hydrogen (secondary N) is 1. The molecule has 0 saturated heterocycles. The Bertz CT molecular complexity index is 510. The first kappa shape index (κ1) is 13.3. The van der Waals surface area contributed by atoms with Gasteiger partial charge in [0.1, 0.15) is 0 Å². The molecule has 0 aliphatic heterocycles. The summed E-state index contributed by atoms with van der Waals surface area (Å²) in [6, 6.07) is 2.26. The van der Waals surface area contributed by atoms with E-state index in [4.69, 9.17) is 9.47 Å². The van der Waals surface area contributed by atoms with Crippen LogP contribution in [0.4, 0.5) is 5.69 Å². The highest BCUT2D eigenvalue weighted by atomic mass is 16.5. The van der Waals surface area contributed by atoms with Gasteiger partial charge in [-0.1, -0.05) is 0 Å². The molecule has 6 heteroatoms. The van der Waals surface area contributed by atoms with Crippen molar-refractivity contribution in [3.05, 3.63) is 17.5 Å². The Morgan fingerprint density at radius 1 is 1.30 bits per heavy atom. The summed E-state index contributed by atoms with van der Waals surface area (Å²) < 4.78 is 10.0. The van der Waals surface area contributed by atoms with Crippen LogP contribution in [0.15, 0.2) is 6.07 Å². The van der Waals surface area contributed by atoms with Crippen molar-refractivity contribution in [3.63, 3.8) is 0 Å². The SMILES string of the molecule is COC(=O)c1nnc(C2CC2)cc1NC1CC(OC)C1. The summed E-state index contributed by atoms with van der Waals surface area (Å²) in [6.07, 6.45) is 4.50. The standard InChI is InChI=1S/C14H19N3O3/c1-19-10-5-9(6-10)15-12-7-11(8-3-4-8)16-17-13(12)14(18)20-2/h7-10H,3-6H2,1-2H3,(H,15,16). The van der Waals surface area contributed by atoms with E-state index in [1.165, 1.54) is 7.11 Å². The molecule has 0 atom stereocenters. The van der Waals surface area contributed by atoms with Gasteiger partial charge in [0.05, 0.1) is 24.6 Å². The van der Waals surface area contributed by atoms with Crippen LogP contribution in [0.2, 0.25) is 0 Å². The number of aromatic nitrogens is 2. The second kappa shape index (κ2) is 5.36. The lowest BCUT2D eigenvalue weighted by Gasteiger charge is -2.35. The molecule has 0 unspecified atom stereocenters. The van der Waals surface area contributed by atoms with Gasteiger partial charge in [0.25, 0.3) is 0 Å². The quantitative estimate of drug-likeness (QED) is 0.826. The van der Waals surface area contributed by atoms with Crippen LogP contribution in [0.25, 0.3) is 0 Å². The van der Waals surface area contributed by atoms with E-state index in [2.05, 4.69) is 15.5 Å². The number of carbonyl (C=O) groups excluding carboxylic acids is 1. The minimum Gasteiger partial charge on any atom is -0.464 e. The van der Waals surface area contributed by atoms with Crippen LogP contribution < -0.4 is 5.32 Å². The van der Waals surface area contributed by atoms with Gasteiger partial charge in [-0.05, 0) is 31.7 Å². The van der Waals surface area contributed by atoms with Crippen molar-refractivity contribution in [2.45, 2.75) is 43.7 Å². The molecular weight excluding hydrogens is 258 g/mol. The molecule has 0 bridgehead atoms. The Kier molecular flexibility index (Phi) is 3.56. The zero-order valence-electron chi connectivity index (χ0n) is 11.8. The van der Waals surface area contributed by atoms with E-state index < -0.39 is 5.97 Å². The Labute approximate surface area is 117 Å². The smallest absolute Gasteiger partial charge is 0.360 e. The van der Waals surface area contributed by atoms with Crippen molar-refractivity contribution in [2.75, 3.05) is 19.5 Å². The molecule has 2 aliphatic rings.